The van der Waals surface area contributed by atoms with Crippen molar-refractivity contribution < 1.29 is 33.8 Å². The van der Waals surface area contributed by atoms with E-state index in [0.29, 0.717) is 38.9 Å². The zero-order chi connectivity index (χ0) is 31.5. The van der Waals surface area contributed by atoms with E-state index in [1.807, 2.05) is 0 Å². The number of anilines is 2. The predicted octanol–water partition coefficient (Wildman–Crippen LogP) is 5.54. The van der Waals surface area contributed by atoms with Crippen LogP contribution in [0.5, 0.6) is 11.5 Å². The number of hydrogen-bond donors (Lipinski definition) is 4. The summed E-state index contributed by atoms with van der Waals surface area (Å²) in [5, 5.41) is 17.3. The maximum Gasteiger partial charge on any atom is 0.335 e. The van der Waals surface area contributed by atoms with Crippen LogP contribution in [0.3, 0.4) is 0 Å². The molecule has 4 aromatic rings. The Bertz CT molecular complexity index is 1710. The minimum Gasteiger partial charge on any atom is -0.493 e. The van der Waals surface area contributed by atoms with Crippen LogP contribution in [-0.2, 0) is 9.59 Å². The van der Waals surface area contributed by atoms with Crippen molar-refractivity contribution in [2.75, 3.05) is 30.6 Å². The van der Waals surface area contributed by atoms with Crippen LogP contribution in [0.1, 0.15) is 26.3 Å². The third kappa shape index (κ3) is 8.49. The van der Waals surface area contributed by atoms with E-state index in [1.165, 1.54) is 44.2 Å². The average molecular weight is 612 g/mol. The lowest BCUT2D eigenvalue weighted by Gasteiger charge is -2.14. The first-order chi connectivity index (χ1) is 21.3. The minimum absolute atomic E-state index is 0.0357. The fraction of sp³-hybridized carbons (Fsp3) is 0.0909. The number of hydrogen-bond acceptors (Lipinski definition) is 7. The molecular formula is C33H29N3O7S. The second-order valence-corrected chi connectivity index (χ2v) is 10.2. The highest BCUT2D eigenvalue weighted by Gasteiger charge is 2.18. The second kappa shape index (κ2) is 15.1. The van der Waals surface area contributed by atoms with E-state index in [1.54, 1.807) is 84.9 Å². The maximum atomic E-state index is 13.5. The van der Waals surface area contributed by atoms with Gasteiger partial charge in [-0.05, 0) is 60.7 Å². The molecule has 4 aromatic carbocycles. The number of carbonyl (C=O) groups excluding carboxylic acids is 3. The lowest BCUT2D eigenvalue weighted by Crippen LogP contribution is -2.30. The first-order valence-electron chi connectivity index (χ1n) is 13.2. The Morgan fingerprint density at radius 1 is 0.773 bits per heavy atom. The molecule has 0 unspecified atom stereocenters. The minimum atomic E-state index is -1.09. The summed E-state index contributed by atoms with van der Waals surface area (Å²) in [5.41, 5.74) is 1.72. The third-order valence-corrected chi connectivity index (χ3v) is 7.11. The molecular weight excluding hydrogens is 582 g/mol. The second-order valence-electron chi connectivity index (χ2n) is 9.17. The molecule has 3 amide bonds. The van der Waals surface area contributed by atoms with Gasteiger partial charge in [-0.15, -0.1) is 11.8 Å². The van der Waals surface area contributed by atoms with Crippen molar-refractivity contribution in [2.24, 2.45) is 0 Å². The Balaban J connectivity index is 1.50. The van der Waals surface area contributed by atoms with Gasteiger partial charge in [-0.2, -0.15) is 0 Å². The summed E-state index contributed by atoms with van der Waals surface area (Å²) >= 11 is 1.23. The zero-order valence-electron chi connectivity index (χ0n) is 23.8. The Kier molecular flexibility index (Phi) is 10.8. The third-order valence-electron chi connectivity index (χ3n) is 6.12. The van der Waals surface area contributed by atoms with Crippen molar-refractivity contribution in [2.45, 2.75) is 4.90 Å². The van der Waals surface area contributed by atoms with Gasteiger partial charge in [-0.25, -0.2) is 4.79 Å². The van der Waals surface area contributed by atoms with Gasteiger partial charge in [-0.3, -0.25) is 14.4 Å². The van der Waals surface area contributed by atoms with Crippen LogP contribution in [0.25, 0.3) is 6.08 Å². The smallest absolute Gasteiger partial charge is 0.335 e. The quantitative estimate of drug-likeness (QED) is 0.121. The molecule has 0 aliphatic carbocycles. The summed E-state index contributed by atoms with van der Waals surface area (Å²) in [6.45, 7) is 0. The van der Waals surface area contributed by atoms with E-state index in [9.17, 15) is 19.2 Å². The molecule has 0 atom stereocenters. The Hall–Kier alpha value is -5.55. The fourth-order valence-electron chi connectivity index (χ4n) is 4.06. The van der Waals surface area contributed by atoms with Crippen LogP contribution >= 0.6 is 11.8 Å². The Labute approximate surface area is 258 Å². The number of thioether (sulfide) groups is 1. The Morgan fingerprint density at radius 2 is 1.45 bits per heavy atom. The lowest BCUT2D eigenvalue weighted by atomic mass is 10.1. The number of carbonyl (C=O) groups is 4. The number of rotatable bonds is 12. The monoisotopic (exact) mass is 611 g/mol. The highest BCUT2D eigenvalue weighted by atomic mass is 32.2. The number of amides is 3. The average Bonchev–Trinajstić information content (AvgIpc) is 3.04. The van der Waals surface area contributed by atoms with Crippen LogP contribution in [0.2, 0.25) is 0 Å². The molecule has 0 aliphatic heterocycles. The molecule has 0 aliphatic rings. The number of benzene rings is 4. The van der Waals surface area contributed by atoms with Crippen molar-refractivity contribution >= 4 is 52.9 Å². The van der Waals surface area contributed by atoms with E-state index in [2.05, 4.69) is 16.0 Å². The zero-order valence-corrected chi connectivity index (χ0v) is 24.6. The van der Waals surface area contributed by atoms with Gasteiger partial charge in [0.05, 0.1) is 25.5 Å². The highest BCUT2D eigenvalue weighted by molar-refractivity contribution is 8.00. The van der Waals surface area contributed by atoms with Gasteiger partial charge in [0.2, 0.25) is 5.91 Å². The molecule has 0 fully saturated rings. The van der Waals surface area contributed by atoms with Gasteiger partial charge in [0.25, 0.3) is 11.8 Å². The van der Waals surface area contributed by atoms with Crippen molar-refractivity contribution in [3.05, 3.63) is 119 Å². The maximum absolute atomic E-state index is 13.5. The van der Waals surface area contributed by atoms with E-state index >= 15 is 0 Å². The van der Waals surface area contributed by atoms with Crippen LogP contribution < -0.4 is 25.4 Å². The summed E-state index contributed by atoms with van der Waals surface area (Å²) in [7, 11) is 2.98. The molecule has 4 N–H and O–H groups in total. The molecule has 0 heterocycles. The molecule has 0 aromatic heterocycles. The molecule has 0 saturated carbocycles. The number of methoxy groups -OCH3 is 2. The van der Waals surface area contributed by atoms with Gasteiger partial charge in [0.15, 0.2) is 11.5 Å². The topological polar surface area (TPSA) is 143 Å². The number of nitrogens with one attached hydrogen (secondary N) is 3. The number of carboxylic acid groups (broad SMARTS) is 1. The van der Waals surface area contributed by atoms with Crippen molar-refractivity contribution in [3.63, 3.8) is 0 Å². The molecule has 0 radical (unpaired) electrons. The van der Waals surface area contributed by atoms with Crippen molar-refractivity contribution in [1.29, 1.82) is 0 Å². The summed E-state index contributed by atoms with van der Waals surface area (Å²) in [4.78, 5) is 50.9. The lowest BCUT2D eigenvalue weighted by molar-refractivity contribution is -0.114. The van der Waals surface area contributed by atoms with Crippen LogP contribution in [-0.4, -0.2) is 48.8 Å². The van der Waals surface area contributed by atoms with Gasteiger partial charge in [0, 0.05) is 27.4 Å². The van der Waals surface area contributed by atoms with E-state index in [0.717, 1.165) is 0 Å². The van der Waals surface area contributed by atoms with Crippen LogP contribution in [0, 0.1) is 0 Å². The molecule has 44 heavy (non-hydrogen) atoms. The Morgan fingerprint density at radius 3 is 2.16 bits per heavy atom. The van der Waals surface area contributed by atoms with Crippen LogP contribution in [0.15, 0.2) is 108 Å². The van der Waals surface area contributed by atoms with Crippen molar-refractivity contribution in [1.82, 2.24) is 5.32 Å². The first kappa shape index (κ1) is 31.4. The van der Waals surface area contributed by atoms with Crippen molar-refractivity contribution in [3.8, 4) is 11.5 Å². The molecule has 0 saturated heterocycles. The molecule has 0 spiro atoms. The number of para-hydroxylation sites is 1. The molecule has 0 bridgehead atoms. The summed E-state index contributed by atoms with van der Waals surface area (Å²) in [6.07, 6.45) is 1.50. The summed E-state index contributed by atoms with van der Waals surface area (Å²) in [6, 6.07) is 26.5. The van der Waals surface area contributed by atoms with Gasteiger partial charge in [0.1, 0.15) is 5.70 Å². The first-order valence-corrected chi connectivity index (χ1v) is 14.2. The normalized spacial score (nSPS) is 10.8. The number of aromatic carboxylic acids is 1. The van der Waals surface area contributed by atoms with Gasteiger partial charge >= 0.3 is 5.97 Å². The van der Waals surface area contributed by atoms with Gasteiger partial charge in [-0.1, -0.05) is 42.5 Å². The largest absolute Gasteiger partial charge is 0.493 e. The standard InChI is InChI=1S/C33H29N3O7S/c1-42-28-16-7-11-22(30(28)43-2)18-27(36-31(38)21-9-4-3-5-10-21)32(39)35-25-14-8-15-26(19-25)44-20-29(37)34-24-13-6-12-23(17-24)33(40)41/h3-19H,20H2,1-2H3,(H,34,37)(H,35,39)(H,36,38)(H,40,41)/b27-18+. The number of ether oxygens (including phenoxy) is 2. The van der Waals surface area contributed by atoms with E-state index < -0.39 is 17.8 Å². The molecule has 224 valence electrons. The SMILES string of the molecule is COc1cccc(/C=C(/NC(=O)c2ccccc2)C(=O)Nc2cccc(SCC(=O)Nc3cccc(C(=O)O)c3)c2)c1OC. The van der Waals surface area contributed by atoms with E-state index in [4.69, 9.17) is 14.6 Å². The number of carboxylic acids is 1. The molecule has 4 rings (SSSR count). The highest BCUT2D eigenvalue weighted by Crippen LogP contribution is 2.32. The summed E-state index contributed by atoms with van der Waals surface area (Å²) < 4.78 is 10.9. The fourth-order valence-corrected chi connectivity index (χ4v) is 4.82. The molecule has 11 heteroatoms. The molecule has 10 nitrogen and oxygen atoms in total. The van der Waals surface area contributed by atoms with E-state index in [-0.39, 0.29) is 22.9 Å². The predicted molar refractivity (Wildman–Crippen MR) is 169 cm³/mol. The van der Waals surface area contributed by atoms with Crippen LogP contribution in [0.4, 0.5) is 11.4 Å². The van der Waals surface area contributed by atoms with Gasteiger partial charge < -0.3 is 30.5 Å². The summed E-state index contributed by atoms with van der Waals surface area (Å²) in [5.74, 6) is -1.58.